The molecule has 2 aromatic rings. The zero-order valence-corrected chi connectivity index (χ0v) is 10.4. The second-order valence-corrected chi connectivity index (χ2v) is 3.98. The molecule has 18 heavy (non-hydrogen) atoms. The quantitative estimate of drug-likeness (QED) is 0.818. The van der Waals surface area contributed by atoms with E-state index in [9.17, 15) is 5.11 Å². The van der Waals surface area contributed by atoms with Crippen molar-refractivity contribution in [2.45, 2.75) is 26.5 Å². The largest absolute Gasteiger partial charge is 0.494 e. The molecule has 0 radical (unpaired) electrons. The summed E-state index contributed by atoms with van der Waals surface area (Å²) in [6.45, 7) is 3.02. The van der Waals surface area contributed by atoms with Gasteiger partial charge in [0.25, 0.3) is 0 Å². The maximum absolute atomic E-state index is 9.27. The highest BCUT2D eigenvalue weighted by Gasteiger charge is 2.09. The van der Waals surface area contributed by atoms with Gasteiger partial charge in [0.05, 0.1) is 24.2 Å². The van der Waals surface area contributed by atoms with Crippen molar-refractivity contribution in [3.8, 4) is 18.1 Å². The van der Waals surface area contributed by atoms with Crippen LogP contribution in [0.1, 0.15) is 19.2 Å². The van der Waals surface area contributed by atoms with E-state index in [-0.39, 0.29) is 6.61 Å². The molecule has 2 rings (SSSR count). The molecule has 0 saturated heterocycles. The SMILES string of the molecule is C#CCn1c(CO)nc2cc(OCCC)ccc21. The summed E-state index contributed by atoms with van der Waals surface area (Å²) >= 11 is 0. The molecule has 0 amide bonds. The van der Waals surface area contributed by atoms with Gasteiger partial charge in [0.1, 0.15) is 18.2 Å². The minimum Gasteiger partial charge on any atom is -0.494 e. The smallest absolute Gasteiger partial charge is 0.136 e. The maximum Gasteiger partial charge on any atom is 0.136 e. The molecule has 0 bridgehead atoms. The van der Waals surface area contributed by atoms with Crippen LogP contribution in [0.5, 0.6) is 5.75 Å². The van der Waals surface area contributed by atoms with E-state index >= 15 is 0 Å². The molecule has 4 heteroatoms. The highest BCUT2D eigenvalue weighted by molar-refractivity contribution is 5.78. The molecular formula is C14H16N2O2. The van der Waals surface area contributed by atoms with Crippen molar-refractivity contribution in [1.29, 1.82) is 0 Å². The summed E-state index contributed by atoms with van der Waals surface area (Å²) in [7, 11) is 0. The summed E-state index contributed by atoms with van der Waals surface area (Å²) in [6, 6.07) is 5.69. The fourth-order valence-electron chi connectivity index (χ4n) is 1.86. The number of imidazole rings is 1. The fourth-order valence-corrected chi connectivity index (χ4v) is 1.86. The third-order valence-corrected chi connectivity index (χ3v) is 2.66. The molecule has 0 spiro atoms. The van der Waals surface area contributed by atoms with Crippen LogP contribution in [-0.4, -0.2) is 21.3 Å². The lowest BCUT2D eigenvalue weighted by molar-refractivity contribution is 0.267. The number of benzene rings is 1. The minimum absolute atomic E-state index is 0.124. The Hall–Kier alpha value is -1.99. The zero-order chi connectivity index (χ0) is 13.0. The number of rotatable bonds is 5. The second kappa shape index (κ2) is 5.56. The fraction of sp³-hybridized carbons (Fsp3) is 0.357. The van der Waals surface area contributed by atoms with Crippen molar-refractivity contribution in [1.82, 2.24) is 9.55 Å². The molecule has 1 aromatic heterocycles. The van der Waals surface area contributed by atoms with E-state index in [1.54, 1.807) is 0 Å². The van der Waals surface area contributed by atoms with Gasteiger partial charge in [0.2, 0.25) is 0 Å². The summed E-state index contributed by atoms with van der Waals surface area (Å²) < 4.78 is 7.39. The molecule has 0 unspecified atom stereocenters. The zero-order valence-electron chi connectivity index (χ0n) is 10.4. The van der Waals surface area contributed by atoms with Crippen LogP contribution in [0.3, 0.4) is 0 Å². The summed E-state index contributed by atoms with van der Waals surface area (Å²) in [5.41, 5.74) is 1.71. The third kappa shape index (κ3) is 2.31. The van der Waals surface area contributed by atoms with E-state index in [1.807, 2.05) is 22.8 Å². The number of nitrogens with zero attached hydrogens (tertiary/aromatic N) is 2. The Labute approximate surface area is 106 Å². The van der Waals surface area contributed by atoms with Gasteiger partial charge in [-0.15, -0.1) is 6.42 Å². The number of hydrogen-bond acceptors (Lipinski definition) is 3. The highest BCUT2D eigenvalue weighted by atomic mass is 16.5. The number of terminal acetylenes is 1. The van der Waals surface area contributed by atoms with Gasteiger partial charge in [-0.3, -0.25) is 0 Å². The Bertz CT molecular complexity index is 581. The normalized spacial score (nSPS) is 10.5. The first-order valence-electron chi connectivity index (χ1n) is 5.96. The molecule has 0 aliphatic carbocycles. The van der Waals surface area contributed by atoms with E-state index in [0.717, 1.165) is 23.2 Å². The molecule has 1 aromatic carbocycles. The average Bonchev–Trinajstić information content (AvgIpc) is 2.74. The number of ether oxygens (including phenoxy) is 1. The van der Waals surface area contributed by atoms with Crippen LogP contribution in [-0.2, 0) is 13.2 Å². The first-order chi connectivity index (χ1) is 8.80. The lowest BCUT2D eigenvalue weighted by atomic mass is 10.3. The van der Waals surface area contributed by atoms with Gasteiger partial charge < -0.3 is 14.4 Å². The Kier molecular flexibility index (Phi) is 3.85. The van der Waals surface area contributed by atoms with Crippen LogP contribution in [0, 0.1) is 12.3 Å². The minimum atomic E-state index is -0.124. The van der Waals surface area contributed by atoms with Crippen molar-refractivity contribution in [3.05, 3.63) is 24.0 Å². The van der Waals surface area contributed by atoms with Gasteiger partial charge in [0.15, 0.2) is 0 Å². The predicted octanol–water partition coefficient (Wildman–Crippen LogP) is 1.95. The molecule has 1 N–H and O–H groups in total. The monoisotopic (exact) mass is 244 g/mol. The highest BCUT2D eigenvalue weighted by Crippen LogP contribution is 2.22. The van der Waals surface area contributed by atoms with Gasteiger partial charge in [-0.2, -0.15) is 0 Å². The topological polar surface area (TPSA) is 47.3 Å². The molecule has 0 fully saturated rings. The maximum atomic E-state index is 9.27. The Morgan fingerprint density at radius 1 is 1.50 bits per heavy atom. The van der Waals surface area contributed by atoms with Gasteiger partial charge in [-0.05, 0) is 18.6 Å². The van der Waals surface area contributed by atoms with Crippen molar-refractivity contribution < 1.29 is 9.84 Å². The number of aromatic nitrogens is 2. The molecule has 0 aliphatic heterocycles. The van der Waals surface area contributed by atoms with Crippen molar-refractivity contribution in [3.63, 3.8) is 0 Å². The summed E-state index contributed by atoms with van der Waals surface area (Å²) in [5, 5.41) is 9.27. The van der Waals surface area contributed by atoms with E-state index in [2.05, 4.69) is 17.8 Å². The summed E-state index contributed by atoms with van der Waals surface area (Å²) in [4.78, 5) is 4.36. The van der Waals surface area contributed by atoms with Crippen molar-refractivity contribution >= 4 is 11.0 Å². The third-order valence-electron chi connectivity index (χ3n) is 2.66. The molecular weight excluding hydrogens is 228 g/mol. The van der Waals surface area contributed by atoms with Crippen LogP contribution in [0.2, 0.25) is 0 Å². The van der Waals surface area contributed by atoms with Gasteiger partial charge in [-0.25, -0.2) is 4.98 Å². The van der Waals surface area contributed by atoms with Crippen LogP contribution < -0.4 is 4.74 Å². The first kappa shape index (κ1) is 12.5. The summed E-state index contributed by atoms with van der Waals surface area (Å²) in [6.07, 6.45) is 6.29. The molecule has 94 valence electrons. The number of aliphatic hydroxyl groups is 1. The van der Waals surface area contributed by atoms with Crippen LogP contribution in [0.4, 0.5) is 0 Å². The lowest BCUT2D eigenvalue weighted by Gasteiger charge is -2.05. The van der Waals surface area contributed by atoms with E-state index < -0.39 is 0 Å². The van der Waals surface area contributed by atoms with Crippen LogP contribution in [0.25, 0.3) is 11.0 Å². The van der Waals surface area contributed by atoms with Gasteiger partial charge in [0, 0.05) is 6.07 Å². The molecule has 1 heterocycles. The number of aliphatic hydroxyl groups excluding tert-OH is 1. The Balaban J connectivity index is 2.42. The van der Waals surface area contributed by atoms with Gasteiger partial charge in [-0.1, -0.05) is 12.8 Å². The lowest BCUT2D eigenvalue weighted by Crippen LogP contribution is -2.02. The van der Waals surface area contributed by atoms with E-state index in [4.69, 9.17) is 11.2 Å². The average molecular weight is 244 g/mol. The Morgan fingerprint density at radius 3 is 3.00 bits per heavy atom. The standard InChI is InChI=1S/C14H16N2O2/c1-3-7-16-13-6-5-11(18-8-4-2)9-12(13)15-14(16)10-17/h1,5-6,9,17H,4,7-8,10H2,2H3. The first-order valence-corrected chi connectivity index (χ1v) is 5.96. The van der Waals surface area contributed by atoms with E-state index in [1.165, 1.54) is 0 Å². The molecule has 0 aliphatic rings. The molecule has 0 atom stereocenters. The van der Waals surface area contributed by atoms with Gasteiger partial charge >= 0.3 is 0 Å². The van der Waals surface area contributed by atoms with Crippen molar-refractivity contribution in [2.75, 3.05) is 6.61 Å². The van der Waals surface area contributed by atoms with E-state index in [0.29, 0.717) is 19.0 Å². The second-order valence-electron chi connectivity index (χ2n) is 3.98. The summed E-state index contributed by atoms with van der Waals surface area (Å²) in [5.74, 6) is 3.94. The van der Waals surface area contributed by atoms with Crippen LogP contribution in [0.15, 0.2) is 18.2 Å². The number of fused-ring (bicyclic) bond motifs is 1. The van der Waals surface area contributed by atoms with Crippen LogP contribution >= 0.6 is 0 Å². The number of hydrogen-bond donors (Lipinski definition) is 1. The molecule has 4 nitrogen and oxygen atoms in total. The predicted molar refractivity (Wildman–Crippen MR) is 70.3 cm³/mol. The molecule has 0 saturated carbocycles. The Morgan fingerprint density at radius 2 is 2.33 bits per heavy atom. The van der Waals surface area contributed by atoms with Crippen molar-refractivity contribution in [2.24, 2.45) is 0 Å².